The molecule has 1 heterocycles. The fraction of sp³-hybridized carbons (Fsp3) is 0.429. The van der Waals surface area contributed by atoms with E-state index >= 15 is 0 Å². The predicted molar refractivity (Wildman–Crippen MR) is 95.5 cm³/mol. The summed E-state index contributed by atoms with van der Waals surface area (Å²) in [6.45, 7) is 2.98. The van der Waals surface area contributed by atoms with Gasteiger partial charge in [0.15, 0.2) is 12.4 Å². The number of allylic oxidation sites excluding steroid dienone is 2. The second-order valence-electron chi connectivity index (χ2n) is 7.62. The lowest BCUT2D eigenvalue weighted by Crippen LogP contribution is -2.45. The Bertz CT molecular complexity index is 826. The molecule has 5 atom stereocenters. The van der Waals surface area contributed by atoms with Crippen molar-refractivity contribution >= 4 is 23.6 Å². The molecule has 2 aliphatic carbocycles. The van der Waals surface area contributed by atoms with Crippen molar-refractivity contribution < 1.29 is 23.9 Å². The summed E-state index contributed by atoms with van der Waals surface area (Å²) in [6, 6.07) is 5.93. The highest BCUT2D eigenvalue weighted by atomic mass is 16.5. The number of aryl methyl sites for hydroxylation is 1. The van der Waals surface area contributed by atoms with Crippen LogP contribution in [0.25, 0.3) is 0 Å². The Labute approximate surface area is 157 Å². The molecular weight excluding hydrogens is 346 g/mol. The van der Waals surface area contributed by atoms with Crippen LogP contribution in [0.3, 0.4) is 0 Å². The molecule has 1 aromatic rings. The van der Waals surface area contributed by atoms with Gasteiger partial charge in [-0.05, 0) is 32.1 Å². The van der Waals surface area contributed by atoms with Crippen LogP contribution in [-0.4, -0.2) is 41.1 Å². The molecule has 140 valence electrons. The van der Waals surface area contributed by atoms with E-state index in [1.807, 2.05) is 19.1 Å². The van der Waals surface area contributed by atoms with Crippen molar-refractivity contribution in [1.29, 1.82) is 0 Å². The van der Waals surface area contributed by atoms with Crippen molar-refractivity contribution in [2.24, 2.45) is 23.7 Å². The molecule has 0 aromatic heterocycles. The number of nitrogens with zero attached hydrogens (tertiary/aromatic N) is 1. The van der Waals surface area contributed by atoms with Gasteiger partial charge in [-0.3, -0.25) is 19.3 Å². The van der Waals surface area contributed by atoms with Gasteiger partial charge in [0.05, 0.1) is 11.8 Å². The topological polar surface area (TPSA) is 80.8 Å². The van der Waals surface area contributed by atoms with Crippen LogP contribution >= 0.6 is 0 Å². The minimum absolute atomic E-state index is 0.0905. The van der Waals surface area contributed by atoms with Crippen LogP contribution in [0.4, 0.5) is 0 Å². The summed E-state index contributed by atoms with van der Waals surface area (Å²) in [5.41, 5.74) is 1.48. The third kappa shape index (κ3) is 2.80. The molecule has 27 heavy (non-hydrogen) atoms. The lowest BCUT2D eigenvalue weighted by atomic mass is 9.85. The Morgan fingerprint density at radius 2 is 1.63 bits per heavy atom. The van der Waals surface area contributed by atoms with Crippen molar-refractivity contribution in [2.75, 3.05) is 6.61 Å². The number of ether oxygens (including phenoxy) is 1. The zero-order chi connectivity index (χ0) is 19.3. The van der Waals surface area contributed by atoms with Crippen LogP contribution in [0.15, 0.2) is 36.4 Å². The smallest absolute Gasteiger partial charge is 0.329 e. The van der Waals surface area contributed by atoms with Crippen LogP contribution in [0.2, 0.25) is 0 Å². The third-order valence-corrected chi connectivity index (χ3v) is 5.95. The standard InChI is InChI=1S/C21H21NO5/c1-11-3-5-13(6-4-11)16(23)10-27-21(26)12(2)22-19(24)17-14-7-8-15(9-14)18(17)20(22)25/h3-8,12,14-15,17-18H,9-10H2,1-2H3/t12-,14+,15+,17+,18+/m1/s1. The lowest BCUT2D eigenvalue weighted by molar-refractivity contribution is -0.157. The normalized spacial score (nSPS) is 29.2. The fourth-order valence-corrected chi connectivity index (χ4v) is 4.49. The van der Waals surface area contributed by atoms with Crippen LogP contribution in [0.1, 0.15) is 29.3 Å². The Kier molecular flexibility index (Phi) is 4.21. The first kappa shape index (κ1) is 17.6. The molecule has 3 aliphatic rings. The minimum Gasteiger partial charge on any atom is -0.456 e. The molecule has 2 amide bonds. The maximum Gasteiger partial charge on any atom is 0.329 e. The number of benzene rings is 1. The number of carbonyl (C=O) groups excluding carboxylic acids is 4. The van der Waals surface area contributed by atoms with E-state index in [4.69, 9.17) is 4.74 Å². The molecular formula is C21H21NO5. The van der Waals surface area contributed by atoms with Crippen molar-refractivity contribution in [3.63, 3.8) is 0 Å². The van der Waals surface area contributed by atoms with E-state index in [1.54, 1.807) is 24.3 Å². The average Bonchev–Trinajstić information content (AvgIpc) is 3.33. The maximum atomic E-state index is 12.7. The van der Waals surface area contributed by atoms with Gasteiger partial charge < -0.3 is 4.74 Å². The summed E-state index contributed by atoms with van der Waals surface area (Å²) in [5, 5.41) is 0. The highest BCUT2D eigenvalue weighted by Crippen LogP contribution is 2.52. The van der Waals surface area contributed by atoms with E-state index in [0.29, 0.717) is 5.56 Å². The highest BCUT2D eigenvalue weighted by Gasteiger charge is 2.60. The number of carbonyl (C=O) groups is 4. The molecule has 2 fully saturated rings. The van der Waals surface area contributed by atoms with E-state index in [9.17, 15) is 19.2 Å². The molecule has 4 rings (SSSR count). The molecule has 0 spiro atoms. The van der Waals surface area contributed by atoms with Gasteiger partial charge in [-0.2, -0.15) is 0 Å². The van der Waals surface area contributed by atoms with Crippen molar-refractivity contribution in [3.05, 3.63) is 47.5 Å². The Morgan fingerprint density at radius 1 is 1.07 bits per heavy atom. The largest absolute Gasteiger partial charge is 0.456 e. The zero-order valence-corrected chi connectivity index (χ0v) is 15.3. The predicted octanol–water partition coefficient (Wildman–Crippen LogP) is 1.92. The molecule has 0 unspecified atom stereocenters. The summed E-state index contributed by atoms with van der Waals surface area (Å²) in [4.78, 5) is 51.0. The minimum atomic E-state index is -1.03. The van der Waals surface area contributed by atoms with Gasteiger partial charge in [-0.25, -0.2) is 4.79 Å². The average molecular weight is 367 g/mol. The first-order valence-corrected chi connectivity index (χ1v) is 9.20. The molecule has 1 aliphatic heterocycles. The quantitative estimate of drug-likeness (QED) is 0.344. The van der Waals surface area contributed by atoms with Crippen LogP contribution in [0, 0.1) is 30.6 Å². The maximum absolute atomic E-state index is 12.7. The van der Waals surface area contributed by atoms with E-state index in [-0.39, 0.29) is 41.3 Å². The number of hydrogen-bond acceptors (Lipinski definition) is 5. The van der Waals surface area contributed by atoms with E-state index in [2.05, 4.69) is 0 Å². The summed E-state index contributed by atoms with van der Waals surface area (Å²) < 4.78 is 5.10. The first-order valence-electron chi connectivity index (χ1n) is 9.20. The van der Waals surface area contributed by atoms with Gasteiger partial charge in [-0.15, -0.1) is 0 Å². The number of esters is 1. The number of imide groups is 1. The van der Waals surface area contributed by atoms with E-state index in [1.165, 1.54) is 6.92 Å². The summed E-state index contributed by atoms with van der Waals surface area (Å²) in [7, 11) is 0. The number of hydrogen-bond donors (Lipinski definition) is 0. The molecule has 0 radical (unpaired) electrons. The Morgan fingerprint density at radius 3 is 2.19 bits per heavy atom. The van der Waals surface area contributed by atoms with E-state index in [0.717, 1.165) is 16.9 Å². The zero-order valence-electron chi connectivity index (χ0n) is 15.3. The number of ketones is 1. The summed E-state index contributed by atoms with van der Waals surface area (Å²) in [5.74, 6) is -2.17. The Balaban J connectivity index is 1.39. The van der Waals surface area contributed by atoms with Crippen molar-refractivity contribution in [3.8, 4) is 0 Å². The van der Waals surface area contributed by atoms with Gasteiger partial charge in [-0.1, -0.05) is 42.0 Å². The third-order valence-electron chi connectivity index (χ3n) is 5.95. The van der Waals surface area contributed by atoms with Gasteiger partial charge in [0.2, 0.25) is 11.8 Å². The molecule has 2 bridgehead atoms. The molecule has 1 aromatic carbocycles. The monoisotopic (exact) mass is 367 g/mol. The second kappa shape index (κ2) is 6.44. The number of Topliss-reactive ketones (excluding diaryl/α,β-unsaturated/α-hetero) is 1. The van der Waals surface area contributed by atoms with Crippen LogP contribution < -0.4 is 0 Å². The van der Waals surface area contributed by atoms with Gasteiger partial charge in [0, 0.05) is 5.56 Å². The second-order valence-corrected chi connectivity index (χ2v) is 7.62. The van der Waals surface area contributed by atoms with Gasteiger partial charge >= 0.3 is 5.97 Å². The molecule has 0 N–H and O–H groups in total. The number of fused-ring (bicyclic) bond motifs is 5. The Hall–Kier alpha value is -2.76. The van der Waals surface area contributed by atoms with Crippen LogP contribution in [0.5, 0.6) is 0 Å². The molecule has 6 nitrogen and oxygen atoms in total. The molecule has 6 heteroatoms. The van der Waals surface area contributed by atoms with Crippen LogP contribution in [-0.2, 0) is 19.1 Å². The van der Waals surface area contributed by atoms with Crippen molar-refractivity contribution in [1.82, 2.24) is 4.90 Å². The molecule has 1 saturated carbocycles. The number of rotatable bonds is 5. The number of amides is 2. The van der Waals surface area contributed by atoms with Gasteiger partial charge in [0.25, 0.3) is 0 Å². The fourth-order valence-electron chi connectivity index (χ4n) is 4.49. The van der Waals surface area contributed by atoms with Gasteiger partial charge in [0.1, 0.15) is 6.04 Å². The highest BCUT2D eigenvalue weighted by molar-refractivity contribution is 6.09. The first-order chi connectivity index (χ1) is 12.9. The molecule has 1 saturated heterocycles. The summed E-state index contributed by atoms with van der Waals surface area (Å²) >= 11 is 0. The van der Waals surface area contributed by atoms with Crippen molar-refractivity contribution in [2.45, 2.75) is 26.3 Å². The SMILES string of the molecule is Cc1ccc(C(=O)COC(=O)[C@@H](C)N2C(=O)[C@@H]3[C@@H](C2=O)[C@H]2C=C[C@H]3C2)cc1. The number of likely N-dealkylation sites (tertiary alicyclic amines) is 1. The summed E-state index contributed by atoms with van der Waals surface area (Å²) in [6.07, 6.45) is 4.85. The lowest BCUT2D eigenvalue weighted by Gasteiger charge is -2.23. The van der Waals surface area contributed by atoms with E-state index < -0.39 is 18.6 Å².